The fourth-order valence-corrected chi connectivity index (χ4v) is 5.38. The first-order valence-electron chi connectivity index (χ1n) is 11.0. The third kappa shape index (κ3) is 3.07. The molecule has 8 nitrogen and oxygen atoms in total. The van der Waals surface area contributed by atoms with E-state index in [0.717, 1.165) is 12.1 Å². The predicted molar refractivity (Wildman–Crippen MR) is 125 cm³/mol. The molecule has 1 fully saturated rings. The van der Waals surface area contributed by atoms with Crippen molar-refractivity contribution in [1.29, 1.82) is 10.5 Å². The van der Waals surface area contributed by atoms with E-state index in [1.54, 1.807) is 24.3 Å². The Bertz CT molecular complexity index is 1400. The molecule has 0 aliphatic heterocycles. The molecule has 1 N–H and O–H groups in total. The Kier molecular flexibility index (Phi) is 4.95. The molecule has 1 heterocycles. The molecule has 1 aromatic heterocycles. The number of nitriles is 2. The average molecular weight is 448 g/mol. The summed E-state index contributed by atoms with van der Waals surface area (Å²) in [6.45, 7) is 4.08. The summed E-state index contributed by atoms with van der Waals surface area (Å²) in [7, 11) is 0. The van der Waals surface area contributed by atoms with Crippen molar-refractivity contribution in [3.63, 3.8) is 0 Å². The Morgan fingerprint density at radius 3 is 2.24 bits per heavy atom. The second kappa shape index (κ2) is 7.86. The molecular formula is C26H21N7O. The molecule has 2 aromatic carbocycles. The van der Waals surface area contributed by atoms with E-state index in [-0.39, 0.29) is 23.2 Å². The molecule has 2 aliphatic rings. The lowest BCUT2D eigenvalue weighted by molar-refractivity contribution is -0.124. The molecule has 1 saturated carbocycles. The number of nitrogens with one attached hydrogen (secondary N) is 1. The van der Waals surface area contributed by atoms with Gasteiger partial charge in [-0.2, -0.15) is 20.8 Å². The number of carbonyl (C=O) groups is 1. The zero-order valence-electron chi connectivity index (χ0n) is 18.8. The molecule has 2 atom stereocenters. The van der Waals surface area contributed by atoms with Gasteiger partial charge in [0, 0.05) is 11.6 Å². The molecule has 1 amide bonds. The van der Waals surface area contributed by atoms with Gasteiger partial charge in [-0.05, 0) is 54.7 Å². The number of nitrogens with zero attached hydrogens (tertiary/aromatic N) is 6. The molecule has 2 aliphatic carbocycles. The van der Waals surface area contributed by atoms with Crippen LogP contribution < -0.4 is 5.32 Å². The number of amides is 1. The highest BCUT2D eigenvalue weighted by molar-refractivity contribution is 6.01. The van der Waals surface area contributed by atoms with Crippen molar-refractivity contribution in [3.8, 4) is 12.1 Å². The summed E-state index contributed by atoms with van der Waals surface area (Å²) in [4.78, 5) is 22.7. The first kappa shape index (κ1) is 21.4. The molecule has 34 heavy (non-hydrogen) atoms. The number of fused-ring (bicyclic) bond motifs is 5. The van der Waals surface area contributed by atoms with E-state index < -0.39 is 10.8 Å². The summed E-state index contributed by atoms with van der Waals surface area (Å²) >= 11 is 0. The van der Waals surface area contributed by atoms with E-state index in [0.29, 0.717) is 29.2 Å². The standard InChI is InChI=1S/C26H21N7O/c1-25(2)19-12-13-26(25,23-22(19)30-20(14-27)21(15-28)31-23)24(34)29-16-8-10-18(11-9-16)33-32-17-6-4-3-5-7-17/h3-11,19H,12-13H2,1-2H3,(H,29,34). The van der Waals surface area contributed by atoms with Gasteiger partial charge in [-0.25, -0.2) is 9.97 Å². The third-order valence-corrected chi connectivity index (χ3v) is 7.20. The average Bonchev–Trinajstić information content (AvgIpc) is 3.24. The number of rotatable bonds is 4. The van der Waals surface area contributed by atoms with Gasteiger partial charge in [0.15, 0.2) is 11.4 Å². The summed E-state index contributed by atoms with van der Waals surface area (Å²) in [6.07, 6.45) is 1.38. The molecular weight excluding hydrogens is 426 g/mol. The lowest BCUT2D eigenvalue weighted by Gasteiger charge is -2.36. The Balaban J connectivity index is 1.44. The zero-order valence-corrected chi connectivity index (χ0v) is 18.8. The van der Waals surface area contributed by atoms with Crippen LogP contribution in [0.3, 0.4) is 0 Å². The van der Waals surface area contributed by atoms with Gasteiger partial charge >= 0.3 is 0 Å². The molecule has 0 radical (unpaired) electrons. The van der Waals surface area contributed by atoms with Crippen molar-refractivity contribution in [1.82, 2.24) is 9.97 Å². The molecule has 0 spiro atoms. The summed E-state index contributed by atoms with van der Waals surface area (Å²) in [5.41, 5.74) is 1.84. The SMILES string of the molecule is CC1(C)C2CCC1(C(=O)Nc1ccc(N=Nc3ccccc3)cc1)c1nc(C#N)c(C#N)nc12. The van der Waals surface area contributed by atoms with Gasteiger partial charge in [0.1, 0.15) is 12.1 Å². The number of azo groups is 1. The molecule has 5 rings (SSSR count). The summed E-state index contributed by atoms with van der Waals surface area (Å²) in [5.74, 6) is -0.179. The fourth-order valence-electron chi connectivity index (χ4n) is 5.38. The van der Waals surface area contributed by atoms with Crippen LogP contribution in [0.2, 0.25) is 0 Å². The summed E-state index contributed by atoms with van der Waals surface area (Å²) in [5, 5.41) is 30.3. The van der Waals surface area contributed by atoms with Crippen LogP contribution in [0.15, 0.2) is 64.8 Å². The van der Waals surface area contributed by atoms with Crippen LogP contribution in [0.4, 0.5) is 17.1 Å². The summed E-state index contributed by atoms with van der Waals surface area (Å²) in [6, 6.07) is 20.5. The van der Waals surface area contributed by atoms with Crippen LogP contribution in [0.25, 0.3) is 0 Å². The van der Waals surface area contributed by atoms with Crippen LogP contribution in [-0.2, 0) is 10.2 Å². The van der Waals surface area contributed by atoms with Gasteiger partial charge in [-0.1, -0.05) is 32.0 Å². The van der Waals surface area contributed by atoms with Gasteiger partial charge in [-0.3, -0.25) is 4.79 Å². The van der Waals surface area contributed by atoms with E-state index in [1.165, 1.54) is 0 Å². The highest BCUT2D eigenvalue weighted by Gasteiger charge is 2.68. The number of hydrogen-bond donors (Lipinski definition) is 1. The Morgan fingerprint density at radius 1 is 0.971 bits per heavy atom. The predicted octanol–water partition coefficient (Wildman–Crippen LogP) is 5.43. The monoisotopic (exact) mass is 447 g/mol. The second-order valence-electron chi connectivity index (χ2n) is 9.13. The molecule has 3 aromatic rings. The topological polar surface area (TPSA) is 127 Å². The highest BCUT2D eigenvalue weighted by Crippen LogP contribution is 2.67. The number of anilines is 1. The summed E-state index contributed by atoms with van der Waals surface area (Å²) < 4.78 is 0. The maximum absolute atomic E-state index is 13.8. The molecule has 2 unspecified atom stereocenters. The van der Waals surface area contributed by atoms with Crippen molar-refractivity contribution in [2.24, 2.45) is 15.6 Å². The van der Waals surface area contributed by atoms with Gasteiger partial charge in [-0.15, -0.1) is 0 Å². The minimum absolute atomic E-state index is 0.00127. The maximum atomic E-state index is 13.8. The van der Waals surface area contributed by atoms with Crippen LogP contribution in [0.5, 0.6) is 0 Å². The lowest BCUT2D eigenvalue weighted by atomic mass is 9.67. The van der Waals surface area contributed by atoms with E-state index in [1.807, 2.05) is 56.3 Å². The Hall–Kier alpha value is -4.43. The maximum Gasteiger partial charge on any atom is 0.237 e. The van der Waals surface area contributed by atoms with Crippen molar-refractivity contribution in [2.45, 2.75) is 38.0 Å². The van der Waals surface area contributed by atoms with Crippen LogP contribution in [-0.4, -0.2) is 15.9 Å². The van der Waals surface area contributed by atoms with Crippen LogP contribution in [0.1, 0.15) is 55.4 Å². The molecule has 8 heteroatoms. The fraction of sp³-hybridized carbons (Fsp3) is 0.269. The number of carbonyl (C=O) groups excluding carboxylic acids is 1. The van der Waals surface area contributed by atoms with Crippen molar-refractivity contribution in [2.75, 3.05) is 5.32 Å². The quantitative estimate of drug-likeness (QED) is 0.534. The normalized spacial score (nSPS) is 21.6. The largest absolute Gasteiger partial charge is 0.325 e. The Morgan fingerprint density at radius 2 is 1.59 bits per heavy atom. The van der Waals surface area contributed by atoms with E-state index in [2.05, 4.69) is 25.5 Å². The third-order valence-electron chi connectivity index (χ3n) is 7.20. The highest BCUT2D eigenvalue weighted by atomic mass is 16.2. The minimum atomic E-state index is -0.925. The van der Waals surface area contributed by atoms with E-state index in [4.69, 9.17) is 0 Å². The molecule has 166 valence electrons. The molecule has 2 bridgehead atoms. The number of aromatic nitrogens is 2. The smallest absolute Gasteiger partial charge is 0.237 e. The van der Waals surface area contributed by atoms with Crippen LogP contribution >= 0.6 is 0 Å². The van der Waals surface area contributed by atoms with Crippen molar-refractivity contribution >= 4 is 23.0 Å². The van der Waals surface area contributed by atoms with E-state index in [9.17, 15) is 15.3 Å². The number of hydrogen-bond acceptors (Lipinski definition) is 7. The lowest BCUT2D eigenvalue weighted by Crippen LogP contribution is -2.46. The van der Waals surface area contributed by atoms with Gasteiger partial charge in [0.05, 0.1) is 28.2 Å². The minimum Gasteiger partial charge on any atom is -0.325 e. The van der Waals surface area contributed by atoms with Crippen molar-refractivity contribution in [3.05, 3.63) is 77.4 Å². The molecule has 0 saturated heterocycles. The van der Waals surface area contributed by atoms with Gasteiger partial charge < -0.3 is 5.32 Å². The second-order valence-corrected chi connectivity index (χ2v) is 9.13. The first-order valence-corrected chi connectivity index (χ1v) is 11.0. The van der Waals surface area contributed by atoms with Gasteiger partial charge in [0.2, 0.25) is 5.91 Å². The first-order chi connectivity index (χ1) is 16.4. The van der Waals surface area contributed by atoms with Gasteiger partial charge in [0.25, 0.3) is 0 Å². The zero-order chi connectivity index (χ0) is 23.9. The Labute approximate surface area is 197 Å². The number of benzene rings is 2. The van der Waals surface area contributed by atoms with Crippen LogP contribution in [0, 0.1) is 28.1 Å². The van der Waals surface area contributed by atoms with E-state index >= 15 is 0 Å². The van der Waals surface area contributed by atoms with Crippen molar-refractivity contribution < 1.29 is 4.79 Å².